The van der Waals surface area contributed by atoms with Crippen LogP contribution in [0.15, 0.2) is 46.6 Å². The van der Waals surface area contributed by atoms with Crippen LogP contribution in [0.2, 0.25) is 0 Å². The van der Waals surface area contributed by atoms with Gasteiger partial charge in [-0.25, -0.2) is 0 Å². The molecule has 2 aliphatic rings. The molecule has 0 aromatic carbocycles. The van der Waals surface area contributed by atoms with Crippen LogP contribution in [0.5, 0.6) is 0 Å². The molecular formula is C35H54O4. The number of aliphatic hydroxyl groups excluding tert-OH is 1. The van der Waals surface area contributed by atoms with E-state index in [-0.39, 0.29) is 29.7 Å². The summed E-state index contributed by atoms with van der Waals surface area (Å²) >= 11 is 0. The summed E-state index contributed by atoms with van der Waals surface area (Å²) in [5.74, 6) is -2.07. The summed E-state index contributed by atoms with van der Waals surface area (Å²) in [5.41, 5.74) is 0.684. The molecular weight excluding hydrogens is 484 g/mol. The lowest BCUT2D eigenvalue weighted by molar-refractivity contribution is -0.209. The Morgan fingerprint density at radius 1 is 0.872 bits per heavy atom. The van der Waals surface area contributed by atoms with Crippen LogP contribution in [0.25, 0.3) is 0 Å². The molecule has 2 aliphatic carbocycles. The first-order valence-corrected chi connectivity index (χ1v) is 14.8. The van der Waals surface area contributed by atoms with Gasteiger partial charge in [-0.3, -0.25) is 14.4 Å². The number of carbonyl (C=O) groups excluding carboxylic acids is 3. The van der Waals surface area contributed by atoms with Gasteiger partial charge >= 0.3 is 0 Å². The lowest BCUT2D eigenvalue weighted by Crippen LogP contribution is -2.76. The zero-order valence-electron chi connectivity index (χ0n) is 26.5. The van der Waals surface area contributed by atoms with Gasteiger partial charge in [-0.2, -0.15) is 0 Å². The summed E-state index contributed by atoms with van der Waals surface area (Å²) in [6, 6.07) is 0. The van der Waals surface area contributed by atoms with Gasteiger partial charge in [0.2, 0.25) is 0 Å². The molecule has 0 amide bonds. The highest BCUT2D eigenvalue weighted by molar-refractivity contribution is 6.22. The lowest BCUT2D eigenvalue weighted by atomic mass is 9.35. The maximum Gasteiger partial charge on any atom is 0.163 e. The standard InChI is InChI=1S/C35H54O4/c1-22(2)13-12-19-33(11)27(16-14-23(3)4)21-34(20-18-25(7)8)30(37)28(17-15-24(5)6)31(38)35(33,32(34)39)29(36)26(9)10/h13-15,18,26-28,31,38H,12,16-17,19-21H2,1-11H3/t27-,28+,31-,33+,34-,35+/m0/s1. The number of aliphatic hydroxyl groups is 1. The van der Waals surface area contributed by atoms with Crippen molar-refractivity contribution in [2.75, 3.05) is 0 Å². The van der Waals surface area contributed by atoms with Crippen molar-refractivity contribution in [3.05, 3.63) is 46.6 Å². The number of hydrogen-bond donors (Lipinski definition) is 1. The normalized spacial score (nSPS) is 32.0. The molecule has 2 rings (SSSR count). The lowest BCUT2D eigenvalue weighted by Gasteiger charge is -2.65. The molecule has 2 bridgehead atoms. The number of rotatable bonds is 11. The molecule has 2 saturated carbocycles. The quantitative estimate of drug-likeness (QED) is 0.213. The van der Waals surface area contributed by atoms with Gasteiger partial charge in [0.25, 0.3) is 0 Å². The first-order chi connectivity index (χ1) is 18.0. The predicted octanol–water partition coefficient (Wildman–Crippen LogP) is 8.15. The fraction of sp³-hybridized carbons (Fsp3) is 0.686. The highest BCUT2D eigenvalue weighted by Crippen LogP contribution is 2.68. The van der Waals surface area contributed by atoms with Crippen LogP contribution >= 0.6 is 0 Å². The number of hydrogen-bond acceptors (Lipinski definition) is 4. The molecule has 1 N–H and O–H groups in total. The molecule has 39 heavy (non-hydrogen) atoms. The van der Waals surface area contributed by atoms with E-state index in [4.69, 9.17) is 0 Å². The zero-order chi connectivity index (χ0) is 29.9. The minimum Gasteiger partial charge on any atom is -0.391 e. The number of fused-ring (bicyclic) bond motifs is 2. The Labute approximate surface area is 238 Å². The number of Topliss-reactive ketones (excluding diaryl/α,β-unsaturated/α-hetero) is 3. The van der Waals surface area contributed by atoms with Gasteiger partial charge in [0.1, 0.15) is 5.41 Å². The first kappa shape index (κ1) is 33.1. The Morgan fingerprint density at radius 2 is 1.38 bits per heavy atom. The van der Waals surface area contributed by atoms with Crippen LogP contribution < -0.4 is 0 Å². The summed E-state index contributed by atoms with van der Waals surface area (Å²) < 4.78 is 0. The first-order valence-electron chi connectivity index (χ1n) is 14.8. The van der Waals surface area contributed by atoms with Gasteiger partial charge < -0.3 is 5.11 Å². The molecule has 0 spiro atoms. The van der Waals surface area contributed by atoms with E-state index in [1.807, 2.05) is 53.7 Å². The highest BCUT2D eigenvalue weighted by atomic mass is 16.3. The molecule has 0 aromatic heterocycles. The average Bonchev–Trinajstić information content (AvgIpc) is 2.81. The Bertz CT molecular complexity index is 1070. The Kier molecular flexibility index (Phi) is 10.7. The summed E-state index contributed by atoms with van der Waals surface area (Å²) in [4.78, 5) is 44.1. The third-order valence-electron chi connectivity index (χ3n) is 9.40. The number of allylic oxidation sites excluding steroid dienone is 8. The van der Waals surface area contributed by atoms with Crippen LogP contribution in [0.1, 0.15) is 115 Å². The molecule has 0 aromatic rings. The predicted molar refractivity (Wildman–Crippen MR) is 161 cm³/mol. The van der Waals surface area contributed by atoms with E-state index in [0.717, 1.165) is 11.1 Å². The van der Waals surface area contributed by atoms with Crippen molar-refractivity contribution in [2.24, 2.45) is 34.0 Å². The third-order valence-corrected chi connectivity index (χ3v) is 9.40. The maximum absolute atomic E-state index is 15.0. The van der Waals surface area contributed by atoms with Crippen LogP contribution in [-0.2, 0) is 14.4 Å². The molecule has 2 fully saturated rings. The molecule has 4 heteroatoms. The number of carbonyl (C=O) groups is 3. The monoisotopic (exact) mass is 538 g/mol. The summed E-state index contributed by atoms with van der Waals surface area (Å²) in [7, 11) is 0. The molecule has 0 unspecified atom stereocenters. The van der Waals surface area contributed by atoms with Gasteiger partial charge in [0.05, 0.1) is 11.5 Å². The minimum absolute atomic E-state index is 0.105. The molecule has 0 radical (unpaired) electrons. The summed E-state index contributed by atoms with van der Waals surface area (Å²) in [5, 5.41) is 12.3. The number of ketones is 3. The fourth-order valence-corrected chi connectivity index (χ4v) is 7.21. The Hall–Kier alpha value is -2.07. The molecule has 218 valence electrons. The molecule has 6 atom stereocenters. The third kappa shape index (κ3) is 6.01. The molecule has 0 heterocycles. The summed E-state index contributed by atoms with van der Waals surface area (Å²) in [6.45, 7) is 21.8. The Morgan fingerprint density at radius 3 is 1.87 bits per heavy atom. The van der Waals surface area contributed by atoms with Crippen molar-refractivity contribution in [1.29, 1.82) is 0 Å². The van der Waals surface area contributed by atoms with Gasteiger partial charge in [-0.15, -0.1) is 0 Å². The smallest absolute Gasteiger partial charge is 0.163 e. The van der Waals surface area contributed by atoms with E-state index < -0.39 is 34.2 Å². The second kappa shape index (κ2) is 12.6. The van der Waals surface area contributed by atoms with E-state index in [1.165, 1.54) is 11.1 Å². The van der Waals surface area contributed by atoms with Crippen molar-refractivity contribution < 1.29 is 19.5 Å². The van der Waals surface area contributed by atoms with Crippen LogP contribution in [0.3, 0.4) is 0 Å². The SMILES string of the molecule is CC(C)=CCC[C@]1(C)[C@@H](CC=C(C)C)C[C@@]2(CC=C(C)C)C(=O)[C@@H](CC=C(C)C)[C@H](O)[C@]1(C(=O)C(C)C)C2=O. The van der Waals surface area contributed by atoms with Crippen LogP contribution in [0.4, 0.5) is 0 Å². The molecule has 4 nitrogen and oxygen atoms in total. The van der Waals surface area contributed by atoms with Crippen molar-refractivity contribution in [2.45, 2.75) is 121 Å². The second-order valence-corrected chi connectivity index (χ2v) is 13.8. The van der Waals surface area contributed by atoms with Crippen LogP contribution in [-0.4, -0.2) is 28.6 Å². The largest absolute Gasteiger partial charge is 0.391 e. The zero-order valence-corrected chi connectivity index (χ0v) is 26.5. The van der Waals surface area contributed by atoms with Gasteiger partial charge in [0, 0.05) is 11.8 Å². The molecule has 0 aliphatic heterocycles. The van der Waals surface area contributed by atoms with Crippen molar-refractivity contribution in [1.82, 2.24) is 0 Å². The van der Waals surface area contributed by atoms with Crippen molar-refractivity contribution in [3.8, 4) is 0 Å². The Balaban J connectivity index is 3.02. The minimum atomic E-state index is -1.64. The van der Waals surface area contributed by atoms with E-state index >= 15 is 4.79 Å². The van der Waals surface area contributed by atoms with E-state index in [1.54, 1.807) is 0 Å². The van der Waals surface area contributed by atoms with Gasteiger partial charge in [-0.1, -0.05) is 67.4 Å². The van der Waals surface area contributed by atoms with Gasteiger partial charge in [-0.05, 0) is 105 Å². The maximum atomic E-state index is 15.0. The van der Waals surface area contributed by atoms with Crippen molar-refractivity contribution >= 4 is 17.3 Å². The molecule has 0 saturated heterocycles. The van der Waals surface area contributed by atoms with Crippen molar-refractivity contribution in [3.63, 3.8) is 0 Å². The second-order valence-electron chi connectivity index (χ2n) is 13.8. The van der Waals surface area contributed by atoms with Gasteiger partial charge in [0.15, 0.2) is 17.3 Å². The van der Waals surface area contributed by atoms with E-state index in [2.05, 4.69) is 46.8 Å². The van der Waals surface area contributed by atoms with E-state index in [0.29, 0.717) is 32.1 Å². The van der Waals surface area contributed by atoms with Crippen LogP contribution in [0, 0.1) is 34.0 Å². The highest BCUT2D eigenvalue weighted by Gasteiger charge is 2.77. The average molecular weight is 539 g/mol. The van der Waals surface area contributed by atoms with E-state index in [9.17, 15) is 14.7 Å². The topological polar surface area (TPSA) is 71.4 Å². The summed E-state index contributed by atoms with van der Waals surface area (Å²) in [6.07, 6.45) is 9.96. The fourth-order valence-electron chi connectivity index (χ4n) is 7.21.